The molecule has 0 spiro atoms. The minimum Gasteiger partial charge on any atom is -0.488 e. The Balaban J connectivity index is 1.48. The molecule has 1 unspecified atom stereocenters. The van der Waals surface area contributed by atoms with Gasteiger partial charge in [0.05, 0.1) is 16.7 Å². The lowest BCUT2D eigenvalue weighted by Crippen LogP contribution is -2.36. The monoisotopic (exact) mass is 434 g/mol. The molecule has 152 valence electrons. The van der Waals surface area contributed by atoms with Crippen molar-refractivity contribution in [3.05, 3.63) is 75.7 Å². The SMILES string of the molecule is Cc1nc(CSc2ccc(C(=O)NC(C)COc3ccc(F)cc3F)cc2)cs1. The summed E-state index contributed by atoms with van der Waals surface area (Å²) in [6, 6.07) is 10.1. The lowest BCUT2D eigenvalue weighted by atomic mass is 10.2. The summed E-state index contributed by atoms with van der Waals surface area (Å²) in [5.74, 6) is -0.954. The molecule has 1 amide bonds. The third-order valence-electron chi connectivity index (χ3n) is 3.93. The highest BCUT2D eigenvalue weighted by Gasteiger charge is 2.12. The number of amides is 1. The van der Waals surface area contributed by atoms with E-state index in [2.05, 4.69) is 10.3 Å². The Morgan fingerprint density at radius 3 is 2.66 bits per heavy atom. The van der Waals surface area contributed by atoms with Crippen LogP contribution in [0, 0.1) is 18.6 Å². The zero-order chi connectivity index (χ0) is 20.8. The van der Waals surface area contributed by atoms with Crippen molar-refractivity contribution in [2.45, 2.75) is 30.5 Å². The van der Waals surface area contributed by atoms with Gasteiger partial charge in [0.25, 0.3) is 5.91 Å². The molecule has 0 aliphatic carbocycles. The highest BCUT2D eigenvalue weighted by molar-refractivity contribution is 7.98. The third-order valence-corrected chi connectivity index (χ3v) is 5.80. The topological polar surface area (TPSA) is 51.2 Å². The molecule has 1 aromatic heterocycles. The lowest BCUT2D eigenvalue weighted by Gasteiger charge is -2.15. The van der Waals surface area contributed by atoms with Gasteiger partial charge in [-0.15, -0.1) is 23.1 Å². The largest absolute Gasteiger partial charge is 0.488 e. The quantitative estimate of drug-likeness (QED) is 0.494. The molecule has 0 aliphatic heterocycles. The van der Waals surface area contributed by atoms with Crippen LogP contribution in [0.4, 0.5) is 8.78 Å². The average Bonchev–Trinajstić information content (AvgIpc) is 3.11. The molecule has 1 heterocycles. The maximum absolute atomic E-state index is 13.6. The maximum atomic E-state index is 13.6. The normalized spacial score (nSPS) is 11.9. The van der Waals surface area contributed by atoms with Gasteiger partial charge < -0.3 is 10.1 Å². The first-order chi connectivity index (χ1) is 13.9. The summed E-state index contributed by atoms with van der Waals surface area (Å²) in [5.41, 5.74) is 1.57. The summed E-state index contributed by atoms with van der Waals surface area (Å²) in [6.45, 7) is 3.79. The molecule has 4 nitrogen and oxygen atoms in total. The molecule has 3 rings (SSSR count). The van der Waals surface area contributed by atoms with Crippen molar-refractivity contribution in [3.8, 4) is 5.75 Å². The average molecular weight is 435 g/mol. The summed E-state index contributed by atoms with van der Waals surface area (Å²) < 4.78 is 31.8. The fraction of sp³-hybridized carbons (Fsp3) is 0.238. The summed E-state index contributed by atoms with van der Waals surface area (Å²) in [5, 5.41) is 5.90. The van der Waals surface area contributed by atoms with Crippen LogP contribution in [0.15, 0.2) is 52.7 Å². The highest BCUT2D eigenvalue weighted by Crippen LogP contribution is 2.24. The number of carbonyl (C=O) groups excluding carboxylic acids is 1. The van der Waals surface area contributed by atoms with Crippen molar-refractivity contribution in [2.24, 2.45) is 0 Å². The lowest BCUT2D eigenvalue weighted by molar-refractivity contribution is 0.0926. The second-order valence-corrected chi connectivity index (χ2v) is 8.54. The first-order valence-corrected chi connectivity index (χ1v) is 10.8. The molecule has 0 bridgehead atoms. The summed E-state index contributed by atoms with van der Waals surface area (Å²) in [4.78, 5) is 17.8. The van der Waals surface area contributed by atoms with Crippen molar-refractivity contribution in [2.75, 3.05) is 6.61 Å². The third kappa shape index (κ3) is 6.27. The fourth-order valence-electron chi connectivity index (χ4n) is 2.49. The number of rotatable bonds is 8. The number of nitrogens with one attached hydrogen (secondary N) is 1. The molecular weight excluding hydrogens is 414 g/mol. The number of benzene rings is 2. The van der Waals surface area contributed by atoms with E-state index < -0.39 is 11.6 Å². The van der Waals surface area contributed by atoms with E-state index in [1.165, 1.54) is 6.07 Å². The minimum absolute atomic E-state index is 0.0517. The van der Waals surface area contributed by atoms with Crippen LogP contribution < -0.4 is 10.1 Å². The van der Waals surface area contributed by atoms with E-state index in [4.69, 9.17) is 4.74 Å². The maximum Gasteiger partial charge on any atom is 0.251 e. The molecule has 3 aromatic rings. The number of ether oxygens (including phenoxy) is 1. The smallest absolute Gasteiger partial charge is 0.251 e. The zero-order valence-electron chi connectivity index (χ0n) is 15.9. The number of aromatic nitrogens is 1. The van der Waals surface area contributed by atoms with Crippen LogP contribution in [0.2, 0.25) is 0 Å². The number of aryl methyl sites for hydroxylation is 1. The van der Waals surface area contributed by atoms with Gasteiger partial charge in [0.15, 0.2) is 11.6 Å². The number of thiazole rings is 1. The Hall–Kier alpha value is -2.45. The highest BCUT2D eigenvalue weighted by atomic mass is 32.2. The van der Waals surface area contributed by atoms with Gasteiger partial charge in [-0.2, -0.15) is 0 Å². The van der Waals surface area contributed by atoms with Gasteiger partial charge in [0.1, 0.15) is 12.4 Å². The zero-order valence-corrected chi connectivity index (χ0v) is 17.6. The predicted molar refractivity (Wildman–Crippen MR) is 112 cm³/mol. The second kappa shape index (κ2) is 9.84. The summed E-state index contributed by atoms with van der Waals surface area (Å²) >= 11 is 3.29. The summed E-state index contributed by atoms with van der Waals surface area (Å²) in [7, 11) is 0. The van der Waals surface area contributed by atoms with Crippen LogP contribution in [-0.4, -0.2) is 23.5 Å². The molecule has 0 fully saturated rings. The molecule has 0 aliphatic rings. The molecular formula is C21H20F2N2O2S2. The van der Waals surface area contributed by atoms with E-state index in [0.29, 0.717) is 5.56 Å². The van der Waals surface area contributed by atoms with Crippen molar-refractivity contribution in [3.63, 3.8) is 0 Å². The standard InChI is InChI=1S/C21H20F2N2O2S2/c1-13(10-27-20-8-5-16(22)9-19(20)23)24-21(26)15-3-6-18(7-4-15)29-12-17-11-28-14(2)25-17/h3-9,11,13H,10,12H2,1-2H3,(H,24,26). The predicted octanol–water partition coefficient (Wildman–Crippen LogP) is 5.22. The Morgan fingerprint density at radius 2 is 2.00 bits per heavy atom. The van der Waals surface area contributed by atoms with Crippen molar-refractivity contribution < 1.29 is 18.3 Å². The Morgan fingerprint density at radius 1 is 1.24 bits per heavy atom. The number of hydrogen-bond donors (Lipinski definition) is 1. The first kappa shape index (κ1) is 21.3. The van der Waals surface area contributed by atoms with Gasteiger partial charge in [0.2, 0.25) is 0 Å². The molecule has 1 atom stereocenters. The van der Waals surface area contributed by atoms with Gasteiger partial charge in [-0.05, 0) is 50.2 Å². The number of thioether (sulfide) groups is 1. The second-order valence-electron chi connectivity index (χ2n) is 6.43. The molecule has 29 heavy (non-hydrogen) atoms. The van der Waals surface area contributed by atoms with Gasteiger partial charge in [0, 0.05) is 27.7 Å². The van der Waals surface area contributed by atoms with Crippen LogP contribution in [0.3, 0.4) is 0 Å². The summed E-state index contributed by atoms with van der Waals surface area (Å²) in [6.07, 6.45) is 0. The van der Waals surface area contributed by atoms with E-state index in [9.17, 15) is 13.6 Å². The van der Waals surface area contributed by atoms with E-state index >= 15 is 0 Å². The van der Waals surface area contributed by atoms with Gasteiger partial charge in [-0.25, -0.2) is 13.8 Å². The Kier molecular flexibility index (Phi) is 7.22. The van der Waals surface area contributed by atoms with Crippen LogP contribution in [0.1, 0.15) is 28.0 Å². The van der Waals surface area contributed by atoms with E-state index in [1.54, 1.807) is 42.2 Å². The van der Waals surface area contributed by atoms with Gasteiger partial charge in [-0.3, -0.25) is 4.79 Å². The molecule has 1 N–H and O–H groups in total. The van der Waals surface area contributed by atoms with Crippen LogP contribution >= 0.6 is 23.1 Å². The Bertz CT molecular complexity index is 977. The van der Waals surface area contributed by atoms with Crippen LogP contribution in [-0.2, 0) is 5.75 Å². The van der Waals surface area contributed by atoms with E-state index in [0.717, 1.165) is 33.5 Å². The molecule has 2 aromatic carbocycles. The minimum atomic E-state index is -0.774. The van der Waals surface area contributed by atoms with Crippen molar-refractivity contribution in [1.82, 2.24) is 10.3 Å². The number of hydrogen-bond acceptors (Lipinski definition) is 5. The van der Waals surface area contributed by atoms with Crippen molar-refractivity contribution in [1.29, 1.82) is 0 Å². The van der Waals surface area contributed by atoms with Gasteiger partial charge in [-0.1, -0.05) is 0 Å². The van der Waals surface area contributed by atoms with E-state index in [-0.39, 0.29) is 24.3 Å². The Labute approximate surface area is 176 Å². The number of halogens is 2. The van der Waals surface area contributed by atoms with E-state index in [1.807, 2.05) is 24.4 Å². The van der Waals surface area contributed by atoms with Crippen molar-refractivity contribution >= 4 is 29.0 Å². The molecule has 0 radical (unpaired) electrons. The fourth-order valence-corrected chi connectivity index (χ4v) is 4.00. The molecule has 0 saturated carbocycles. The first-order valence-electron chi connectivity index (χ1n) is 8.93. The number of carbonyl (C=O) groups is 1. The van der Waals surface area contributed by atoms with Crippen LogP contribution in [0.25, 0.3) is 0 Å². The molecule has 0 saturated heterocycles. The number of nitrogens with zero attached hydrogens (tertiary/aromatic N) is 1. The van der Waals surface area contributed by atoms with Gasteiger partial charge >= 0.3 is 0 Å². The van der Waals surface area contributed by atoms with Crippen LogP contribution in [0.5, 0.6) is 5.75 Å². The molecule has 8 heteroatoms.